The lowest BCUT2D eigenvalue weighted by Gasteiger charge is -2.22. The van der Waals surface area contributed by atoms with Gasteiger partial charge >= 0.3 is 0 Å². The van der Waals surface area contributed by atoms with Gasteiger partial charge in [0.05, 0.1) is 20.2 Å². The standard InChI is InChI=1S/C19H17BrN2O4S/c1-25-14-6-4-13(5-7-14)22(12-15-3-2-10-27-15)18(23)11-21-19(24)16-8-9-17(20)26-16/h2-10H,11-12H2,1H3,(H,21,24). The highest BCUT2D eigenvalue weighted by Gasteiger charge is 2.19. The lowest BCUT2D eigenvalue weighted by atomic mass is 10.2. The Hall–Kier alpha value is -2.58. The van der Waals surface area contributed by atoms with E-state index in [2.05, 4.69) is 21.2 Å². The average molecular weight is 449 g/mol. The number of thiophene rings is 1. The summed E-state index contributed by atoms with van der Waals surface area (Å²) in [6, 6.07) is 14.3. The van der Waals surface area contributed by atoms with E-state index in [0.29, 0.717) is 17.0 Å². The van der Waals surface area contributed by atoms with Crippen LogP contribution in [0.15, 0.2) is 63.0 Å². The van der Waals surface area contributed by atoms with Gasteiger partial charge in [-0.3, -0.25) is 9.59 Å². The predicted octanol–water partition coefficient (Wildman–Crippen LogP) is 4.08. The van der Waals surface area contributed by atoms with Crippen molar-refractivity contribution in [3.8, 4) is 5.75 Å². The van der Waals surface area contributed by atoms with Crippen molar-refractivity contribution < 1.29 is 18.7 Å². The molecule has 0 bridgehead atoms. The summed E-state index contributed by atoms with van der Waals surface area (Å²) in [7, 11) is 1.59. The van der Waals surface area contributed by atoms with Gasteiger partial charge in [-0.05, 0) is 63.8 Å². The lowest BCUT2D eigenvalue weighted by Crippen LogP contribution is -2.39. The number of nitrogens with zero attached hydrogens (tertiary/aromatic N) is 1. The van der Waals surface area contributed by atoms with E-state index in [1.54, 1.807) is 41.5 Å². The van der Waals surface area contributed by atoms with E-state index in [4.69, 9.17) is 9.15 Å². The summed E-state index contributed by atoms with van der Waals surface area (Å²) in [5, 5.41) is 4.56. The minimum atomic E-state index is -0.445. The summed E-state index contributed by atoms with van der Waals surface area (Å²) in [6.07, 6.45) is 0. The van der Waals surface area contributed by atoms with Gasteiger partial charge in [0.25, 0.3) is 5.91 Å². The first-order valence-electron chi connectivity index (χ1n) is 8.07. The van der Waals surface area contributed by atoms with E-state index in [1.165, 1.54) is 6.07 Å². The Morgan fingerprint density at radius 3 is 2.56 bits per heavy atom. The number of anilines is 1. The number of carbonyl (C=O) groups excluding carboxylic acids is 2. The van der Waals surface area contributed by atoms with E-state index >= 15 is 0 Å². The van der Waals surface area contributed by atoms with Gasteiger partial charge in [0.1, 0.15) is 5.75 Å². The molecule has 0 saturated carbocycles. The maximum Gasteiger partial charge on any atom is 0.287 e. The second kappa shape index (κ2) is 8.88. The highest BCUT2D eigenvalue weighted by atomic mass is 79.9. The molecule has 0 spiro atoms. The molecule has 0 unspecified atom stereocenters. The highest BCUT2D eigenvalue weighted by molar-refractivity contribution is 9.10. The minimum absolute atomic E-state index is 0.143. The van der Waals surface area contributed by atoms with Crippen LogP contribution in [0.25, 0.3) is 0 Å². The smallest absolute Gasteiger partial charge is 0.287 e. The molecule has 2 amide bonds. The summed E-state index contributed by atoms with van der Waals surface area (Å²) in [5.74, 6) is 0.176. The largest absolute Gasteiger partial charge is 0.497 e. The van der Waals surface area contributed by atoms with E-state index in [1.807, 2.05) is 29.6 Å². The van der Waals surface area contributed by atoms with Crippen LogP contribution in [-0.2, 0) is 11.3 Å². The number of methoxy groups -OCH3 is 1. The van der Waals surface area contributed by atoms with Crippen LogP contribution in [0.4, 0.5) is 5.69 Å². The fourth-order valence-electron chi connectivity index (χ4n) is 2.42. The molecule has 0 fully saturated rings. The van der Waals surface area contributed by atoms with Crippen molar-refractivity contribution in [3.63, 3.8) is 0 Å². The first-order valence-corrected chi connectivity index (χ1v) is 9.74. The number of halogens is 1. The Labute approximate surface area is 168 Å². The third kappa shape index (κ3) is 4.99. The Morgan fingerprint density at radius 1 is 1.19 bits per heavy atom. The molecule has 2 aromatic heterocycles. The minimum Gasteiger partial charge on any atom is -0.497 e. The van der Waals surface area contributed by atoms with Crippen LogP contribution >= 0.6 is 27.3 Å². The quantitative estimate of drug-likeness (QED) is 0.590. The second-order valence-electron chi connectivity index (χ2n) is 5.54. The van der Waals surface area contributed by atoms with Gasteiger partial charge in [-0.1, -0.05) is 6.07 Å². The van der Waals surface area contributed by atoms with E-state index < -0.39 is 5.91 Å². The molecule has 0 radical (unpaired) electrons. The molecule has 0 aliphatic heterocycles. The molecule has 0 atom stereocenters. The number of nitrogens with one attached hydrogen (secondary N) is 1. The van der Waals surface area contributed by atoms with Crippen LogP contribution in [0.3, 0.4) is 0 Å². The van der Waals surface area contributed by atoms with Gasteiger partial charge in [0, 0.05) is 10.6 Å². The molecular formula is C19H17BrN2O4S. The number of ether oxygens (including phenoxy) is 1. The maximum atomic E-state index is 12.8. The van der Waals surface area contributed by atoms with E-state index in [9.17, 15) is 9.59 Å². The molecular weight excluding hydrogens is 432 g/mol. The van der Waals surface area contributed by atoms with Crippen molar-refractivity contribution in [3.05, 3.63) is 69.2 Å². The summed E-state index contributed by atoms with van der Waals surface area (Å²) >= 11 is 4.72. The van der Waals surface area contributed by atoms with E-state index in [-0.39, 0.29) is 18.2 Å². The zero-order valence-electron chi connectivity index (χ0n) is 14.5. The summed E-state index contributed by atoms with van der Waals surface area (Å²) in [6.45, 7) is 0.277. The number of hydrogen-bond donors (Lipinski definition) is 1. The van der Waals surface area contributed by atoms with Gasteiger partial charge in [0.2, 0.25) is 5.91 Å². The van der Waals surface area contributed by atoms with Crippen LogP contribution in [-0.4, -0.2) is 25.5 Å². The Balaban J connectivity index is 1.72. The van der Waals surface area contributed by atoms with Crippen molar-refractivity contribution in [2.75, 3.05) is 18.6 Å². The molecule has 8 heteroatoms. The van der Waals surface area contributed by atoms with Gasteiger partial charge in [-0.25, -0.2) is 0 Å². The van der Waals surface area contributed by atoms with Gasteiger partial charge in [-0.15, -0.1) is 11.3 Å². The van der Waals surface area contributed by atoms with Crippen LogP contribution in [0, 0.1) is 0 Å². The average Bonchev–Trinajstić information content (AvgIpc) is 3.35. The zero-order valence-corrected chi connectivity index (χ0v) is 16.9. The molecule has 0 aliphatic carbocycles. The SMILES string of the molecule is COc1ccc(N(Cc2cccs2)C(=O)CNC(=O)c2ccc(Br)o2)cc1. The zero-order chi connectivity index (χ0) is 19.2. The first kappa shape index (κ1) is 19.2. The second-order valence-corrected chi connectivity index (χ2v) is 7.36. The summed E-state index contributed by atoms with van der Waals surface area (Å²) < 4.78 is 10.8. The summed E-state index contributed by atoms with van der Waals surface area (Å²) in [4.78, 5) is 27.6. The fourth-order valence-corrected chi connectivity index (χ4v) is 3.42. The number of carbonyl (C=O) groups is 2. The molecule has 0 saturated heterocycles. The molecule has 6 nitrogen and oxygen atoms in total. The van der Waals surface area contributed by atoms with Crippen LogP contribution in [0.1, 0.15) is 15.4 Å². The normalized spacial score (nSPS) is 10.4. The van der Waals surface area contributed by atoms with E-state index in [0.717, 1.165) is 10.6 Å². The number of amides is 2. The predicted molar refractivity (Wildman–Crippen MR) is 107 cm³/mol. The number of rotatable bonds is 7. The molecule has 27 heavy (non-hydrogen) atoms. The van der Waals surface area contributed by atoms with Gasteiger partial charge < -0.3 is 19.4 Å². The number of benzene rings is 1. The molecule has 140 valence electrons. The number of hydrogen-bond acceptors (Lipinski definition) is 5. The van der Waals surface area contributed by atoms with Gasteiger partial charge in [-0.2, -0.15) is 0 Å². The lowest BCUT2D eigenvalue weighted by molar-refractivity contribution is -0.117. The van der Waals surface area contributed by atoms with Crippen LogP contribution in [0.2, 0.25) is 0 Å². The van der Waals surface area contributed by atoms with Crippen LogP contribution < -0.4 is 15.0 Å². The van der Waals surface area contributed by atoms with Crippen molar-refractivity contribution in [2.45, 2.75) is 6.54 Å². The molecule has 2 heterocycles. The molecule has 3 aromatic rings. The van der Waals surface area contributed by atoms with Gasteiger partial charge in [0.15, 0.2) is 10.4 Å². The Kier molecular flexibility index (Phi) is 6.31. The van der Waals surface area contributed by atoms with Crippen molar-refractivity contribution in [1.82, 2.24) is 5.32 Å². The topological polar surface area (TPSA) is 71.8 Å². The summed E-state index contributed by atoms with van der Waals surface area (Å²) in [5.41, 5.74) is 0.726. The number of furan rings is 1. The van der Waals surface area contributed by atoms with Crippen molar-refractivity contribution in [1.29, 1.82) is 0 Å². The third-order valence-corrected chi connectivity index (χ3v) is 5.06. The molecule has 0 aliphatic rings. The van der Waals surface area contributed by atoms with Crippen molar-refractivity contribution in [2.24, 2.45) is 0 Å². The maximum absolute atomic E-state index is 12.8. The highest BCUT2D eigenvalue weighted by Crippen LogP contribution is 2.23. The fraction of sp³-hybridized carbons (Fsp3) is 0.158. The van der Waals surface area contributed by atoms with Crippen LogP contribution in [0.5, 0.6) is 5.75 Å². The Bertz CT molecular complexity index is 906. The molecule has 1 aromatic carbocycles. The third-order valence-electron chi connectivity index (χ3n) is 3.78. The molecule has 1 N–H and O–H groups in total. The molecule has 3 rings (SSSR count). The van der Waals surface area contributed by atoms with Crippen molar-refractivity contribution >= 4 is 44.8 Å². The Morgan fingerprint density at radius 2 is 1.96 bits per heavy atom. The first-order chi connectivity index (χ1) is 13.1. The monoisotopic (exact) mass is 448 g/mol.